The van der Waals surface area contributed by atoms with Crippen LogP contribution in [-0.4, -0.2) is 71.1 Å². The molecule has 1 fully saturated rings. The molecule has 0 aliphatic carbocycles. The Morgan fingerprint density at radius 1 is 1.20 bits per heavy atom. The molecule has 11 nitrogen and oxygen atoms in total. The summed E-state index contributed by atoms with van der Waals surface area (Å²) in [5.41, 5.74) is 3.20. The molecule has 2 aliphatic heterocycles. The lowest BCUT2D eigenvalue weighted by Gasteiger charge is -2.40. The number of carbonyl (C=O) groups excluding carboxylic acids is 2. The highest BCUT2D eigenvalue weighted by Gasteiger charge is 2.39. The Kier molecular flexibility index (Phi) is 8.69. The number of anilines is 4. The lowest BCUT2D eigenvalue weighted by atomic mass is 9.96. The molecular weight excluding hydrogens is 626 g/mol. The number of halogens is 1. The normalized spacial score (nSPS) is 16.9. The van der Waals surface area contributed by atoms with Crippen molar-refractivity contribution in [2.24, 2.45) is 0 Å². The Labute approximate surface area is 276 Å². The molecule has 13 heteroatoms. The summed E-state index contributed by atoms with van der Waals surface area (Å²) >= 11 is 7.48. The number of benzene rings is 1. The second-order valence-electron chi connectivity index (χ2n) is 11.5. The first kappa shape index (κ1) is 31.5. The Balaban J connectivity index is 1.25. The van der Waals surface area contributed by atoms with Crippen molar-refractivity contribution in [3.05, 3.63) is 82.5 Å². The number of nitrogens with zero attached hydrogens (tertiary/aromatic N) is 5. The molecule has 4 aromatic rings. The topological polar surface area (TPSA) is 122 Å². The molecule has 5 heterocycles. The number of para-hydroxylation sites is 1. The number of carbonyl (C=O) groups is 2. The molecule has 1 saturated heterocycles. The Morgan fingerprint density at radius 3 is 2.78 bits per heavy atom. The number of hydrogen-bond donors (Lipinski definition) is 2. The van der Waals surface area contributed by atoms with Gasteiger partial charge in [0.1, 0.15) is 10.7 Å². The number of hydrogen-bond acceptors (Lipinski definition) is 10. The van der Waals surface area contributed by atoms with E-state index < -0.39 is 5.60 Å². The molecule has 2 N–H and O–H groups in total. The minimum Gasteiger partial charge on any atom is -0.493 e. The molecule has 2 amide bonds. The summed E-state index contributed by atoms with van der Waals surface area (Å²) in [7, 11) is 1.57. The third-order valence-corrected chi connectivity index (χ3v) is 9.41. The average molecular weight is 660 g/mol. The smallest absolute Gasteiger partial charge is 0.267 e. The first-order chi connectivity index (χ1) is 22.1. The predicted molar refractivity (Wildman–Crippen MR) is 180 cm³/mol. The molecule has 238 valence electrons. The fourth-order valence-corrected chi connectivity index (χ4v) is 6.60. The lowest BCUT2D eigenvalue weighted by molar-refractivity contribution is -0.127. The van der Waals surface area contributed by atoms with Crippen LogP contribution in [0.2, 0.25) is 5.02 Å². The SMILES string of the molecule is C=CC(=O)N1CCN2c3ncc(-c4ccc(OC)c(Nc5ncc(C(=O)Nc6c(C)cccc6Cl)s5)n4)cc3C(C)(C)OCC2C1. The fourth-order valence-electron chi connectivity index (χ4n) is 5.62. The Hall–Kier alpha value is -4.52. The number of aromatic nitrogens is 3. The number of rotatable bonds is 7. The van der Waals surface area contributed by atoms with E-state index in [0.29, 0.717) is 64.2 Å². The summed E-state index contributed by atoms with van der Waals surface area (Å²) in [6.45, 7) is 11.8. The van der Waals surface area contributed by atoms with Crippen molar-refractivity contribution in [3.8, 4) is 17.0 Å². The Morgan fingerprint density at radius 2 is 2.02 bits per heavy atom. The van der Waals surface area contributed by atoms with Crippen molar-refractivity contribution in [1.82, 2.24) is 19.9 Å². The second kappa shape index (κ2) is 12.7. The van der Waals surface area contributed by atoms with Crippen molar-refractivity contribution in [2.75, 3.05) is 48.9 Å². The number of piperazine rings is 1. The minimum absolute atomic E-state index is 0.0228. The third-order valence-electron chi connectivity index (χ3n) is 8.18. The molecule has 2 aliphatic rings. The molecule has 6 rings (SSSR count). The molecule has 1 aromatic carbocycles. The zero-order valence-corrected chi connectivity index (χ0v) is 27.5. The molecule has 46 heavy (non-hydrogen) atoms. The van der Waals surface area contributed by atoms with Gasteiger partial charge in [-0.3, -0.25) is 9.59 Å². The van der Waals surface area contributed by atoms with Gasteiger partial charge in [0.05, 0.1) is 48.0 Å². The number of fused-ring (bicyclic) bond motifs is 3. The largest absolute Gasteiger partial charge is 0.493 e. The van der Waals surface area contributed by atoms with E-state index in [1.807, 2.05) is 45.0 Å². The maximum Gasteiger partial charge on any atom is 0.267 e. The highest BCUT2D eigenvalue weighted by atomic mass is 35.5. The van der Waals surface area contributed by atoms with Crippen LogP contribution in [0.4, 0.5) is 22.5 Å². The molecule has 0 spiro atoms. The number of nitrogens with one attached hydrogen (secondary N) is 2. The zero-order chi connectivity index (χ0) is 32.6. The van der Waals surface area contributed by atoms with Gasteiger partial charge in [-0.1, -0.05) is 41.6 Å². The summed E-state index contributed by atoms with van der Waals surface area (Å²) in [6.07, 6.45) is 4.66. The summed E-state index contributed by atoms with van der Waals surface area (Å²) in [6, 6.07) is 11.2. The van der Waals surface area contributed by atoms with E-state index in [0.717, 1.165) is 22.5 Å². The molecule has 1 atom stereocenters. The van der Waals surface area contributed by atoms with E-state index in [2.05, 4.69) is 33.2 Å². The maximum atomic E-state index is 13.0. The lowest BCUT2D eigenvalue weighted by Crippen LogP contribution is -2.56. The van der Waals surface area contributed by atoms with Crippen molar-refractivity contribution >= 4 is 57.2 Å². The first-order valence-corrected chi connectivity index (χ1v) is 15.9. The van der Waals surface area contributed by atoms with Crippen LogP contribution in [0.1, 0.15) is 34.6 Å². The van der Waals surface area contributed by atoms with Gasteiger partial charge in [0.2, 0.25) is 5.91 Å². The number of thiazole rings is 1. The number of methoxy groups -OCH3 is 1. The first-order valence-electron chi connectivity index (χ1n) is 14.7. The summed E-state index contributed by atoms with van der Waals surface area (Å²) in [5, 5.41) is 7.03. The number of amides is 2. The van der Waals surface area contributed by atoms with Gasteiger partial charge in [-0.25, -0.2) is 15.0 Å². The molecule has 1 unspecified atom stereocenters. The summed E-state index contributed by atoms with van der Waals surface area (Å²) < 4.78 is 12.0. The van der Waals surface area contributed by atoms with E-state index in [1.54, 1.807) is 24.3 Å². The molecule has 0 bridgehead atoms. The number of pyridine rings is 2. The fraction of sp³-hybridized carbons (Fsp3) is 0.303. The van der Waals surface area contributed by atoms with Crippen LogP contribution < -0.4 is 20.3 Å². The van der Waals surface area contributed by atoms with Gasteiger partial charge >= 0.3 is 0 Å². The van der Waals surface area contributed by atoms with Crippen molar-refractivity contribution < 1.29 is 19.1 Å². The molecule has 0 saturated carbocycles. The van der Waals surface area contributed by atoms with Gasteiger partial charge in [0.15, 0.2) is 16.7 Å². The van der Waals surface area contributed by atoms with Gasteiger partial charge < -0.3 is 29.9 Å². The van der Waals surface area contributed by atoms with Crippen molar-refractivity contribution in [3.63, 3.8) is 0 Å². The van der Waals surface area contributed by atoms with Crippen LogP contribution in [0.3, 0.4) is 0 Å². The van der Waals surface area contributed by atoms with E-state index in [4.69, 9.17) is 31.0 Å². The van der Waals surface area contributed by atoms with Gasteiger partial charge in [0.25, 0.3) is 5.91 Å². The quantitative estimate of drug-likeness (QED) is 0.229. The highest BCUT2D eigenvalue weighted by molar-refractivity contribution is 7.17. The van der Waals surface area contributed by atoms with Crippen LogP contribution >= 0.6 is 22.9 Å². The van der Waals surface area contributed by atoms with Crippen LogP contribution in [0, 0.1) is 6.92 Å². The zero-order valence-electron chi connectivity index (χ0n) is 26.0. The van der Waals surface area contributed by atoms with Gasteiger partial charge in [-0.05, 0) is 56.7 Å². The van der Waals surface area contributed by atoms with Crippen molar-refractivity contribution in [1.29, 1.82) is 0 Å². The number of aryl methyl sites for hydroxylation is 1. The highest BCUT2D eigenvalue weighted by Crippen LogP contribution is 2.40. The molecular formula is C33H34ClN7O4S. The van der Waals surface area contributed by atoms with Crippen LogP contribution in [-0.2, 0) is 15.1 Å². The standard InChI is InChI=1S/C33H34ClN7O4S/c1-6-27(42)40-12-13-41-21(17-40)18-45-33(3,4)22-14-20(15-35-30(22)41)24-10-11-25(44-5)29(37-24)39-32-36-16-26(46-32)31(43)38-28-19(2)8-7-9-23(28)34/h6-11,14-16,21H,1,12-13,17-18H2,2-5H3,(H,38,43)(H,36,37,39). The van der Waals surface area contributed by atoms with Crippen LogP contribution in [0.15, 0.2) is 61.4 Å². The minimum atomic E-state index is -0.628. The molecule has 0 radical (unpaired) electrons. The van der Waals surface area contributed by atoms with Crippen molar-refractivity contribution in [2.45, 2.75) is 32.4 Å². The van der Waals surface area contributed by atoms with E-state index in [1.165, 1.54) is 23.6 Å². The maximum absolute atomic E-state index is 13.0. The monoisotopic (exact) mass is 659 g/mol. The van der Waals surface area contributed by atoms with E-state index in [-0.39, 0.29) is 17.9 Å². The average Bonchev–Trinajstić information content (AvgIpc) is 3.49. The van der Waals surface area contributed by atoms with E-state index >= 15 is 0 Å². The number of ether oxygens (including phenoxy) is 2. The van der Waals surface area contributed by atoms with Gasteiger partial charge in [0, 0.05) is 37.0 Å². The van der Waals surface area contributed by atoms with Gasteiger partial charge in [-0.15, -0.1) is 0 Å². The van der Waals surface area contributed by atoms with E-state index in [9.17, 15) is 9.59 Å². The second-order valence-corrected chi connectivity index (χ2v) is 13.0. The van der Waals surface area contributed by atoms with Gasteiger partial charge in [-0.2, -0.15) is 0 Å². The summed E-state index contributed by atoms with van der Waals surface area (Å²) in [5.74, 6) is 1.40. The summed E-state index contributed by atoms with van der Waals surface area (Å²) in [4.78, 5) is 43.9. The predicted octanol–water partition coefficient (Wildman–Crippen LogP) is 6.03. The Bertz CT molecular complexity index is 1810. The third kappa shape index (κ3) is 6.15. The molecule has 3 aromatic heterocycles. The van der Waals surface area contributed by atoms with Crippen LogP contribution in [0.25, 0.3) is 11.3 Å². The van der Waals surface area contributed by atoms with Crippen LogP contribution in [0.5, 0.6) is 5.75 Å².